The van der Waals surface area contributed by atoms with Gasteiger partial charge >= 0.3 is 0 Å². The van der Waals surface area contributed by atoms with Crippen LogP contribution in [0.25, 0.3) is 0 Å². The maximum Gasteiger partial charge on any atom is 0.164 e. The SMILES string of the molecule is O=C(CCN1CCS(=O)(=O)CC1)c1ccccc1. The van der Waals surface area contributed by atoms with Gasteiger partial charge in [-0.2, -0.15) is 0 Å². The molecule has 18 heavy (non-hydrogen) atoms. The van der Waals surface area contributed by atoms with Gasteiger partial charge in [-0.1, -0.05) is 30.3 Å². The van der Waals surface area contributed by atoms with E-state index in [0.717, 1.165) is 5.56 Å². The summed E-state index contributed by atoms with van der Waals surface area (Å²) in [6.07, 6.45) is 0.448. The zero-order valence-electron chi connectivity index (χ0n) is 10.2. The van der Waals surface area contributed by atoms with Crippen LogP contribution < -0.4 is 0 Å². The van der Waals surface area contributed by atoms with Crippen molar-refractivity contribution in [2.75, 3.05) is 31.1 Å². The van der Waals surface area contributed by atoms with Gasteiger partial charge < -0.3 is 4.90 Å². The Morgan fingerprint density at radius 2 is 1.72 bits per heavy atom. The van der Waals surface area contributed by atoms with Crippen LogP contribution in [0.5, 0.6) is 0 Å². The van der Waals surface area contributed by atoms with Gasteiger partial charge in [-0.25, -0.2) is 8.42 Å². The molecule has 0 saturated carbocycles. The number of benzene rings is 1. The summed E-state index contributed by atoms with van der Waals surface area (Å²) in [6.45, 7) is 1.73. The first-order valence-electron chi connectivity index (χ1n) is 6.08. The number of hydrogen-bond donors (Lipinski definition) is 0. The Morgan fingerprint density at radius 1 is 1.11 bits per heavy atom. The molecule has 0 aromatic heterocycles. The predicted molar refractivity (Wildman–Crippen MR) is 70.5 cm³/mol. The van der Waals surface area contributed by atoms with Crippen molar-refractivity contribution in [2.45, 2.75) is 6.42 Å². The Balaban J connectivity index is 1.81. The molecule has 0 radical (unpaired) electrons. The molecule has 0 bridgehead atoms. The number of sulfone groups is 1. The highest BCUT2D eigenvalue weighted by molar-refractivity contribution is 7.91. The van der Waals surface area contributed by atoms with Gasteiger partial charge in [-0.15, -0.1) is 0 Å². The first kappa shape index (κ1) is 13.2. The fourth-order valence-electron chi connectivity index (χ4n) is 2.00. The average Bonchev–Trinajstić information content (AvgIpc) is 2.38. The fourth-order valence-corrected chi connectivity index (χ4v) is 3.28. The molecule has 2 rings (SSSR count). The Morgan fingerprint density at radius 3 is 2.33 bits per heavy atom. The van der Waals surface area contributed by atoms with E-state index < -0.39 is 9.84 Å². The molecule has 0 unspecified atom stereocenters. The summed E-state index contributed by atoms with van der Waals surface area (Å²) < 4.78 is 22.5. The van der Waals surface area contributed by atoms with Gasteiger partial charge in [0, 0.05) is 31.6 Å². The van der Waals surface area contributed by atoms with Crippen LogP contribution in [0.4, 0.5) is 0 Å². The zero-order chi connectivity index (χ0) is 13.0. The number of rotatable bonds is 4. The molecule has 0 aliphatic carbocycles. The molecule has 5 heteroatoms. The standard InChI is InChI=1S/C13H17NO3S/c15-13(12-4-2-1-3-5-12)6-7-14-8-10-18(16,17)11-9-14/h1-5H,6-11H2. The molecule has 1 fully saturated rings. The number of nitrogens with zero attached hydrogens (tertiary/aromatic N) is 1. The maximum absolute atomic E-state index is 11.9. The number of Topliss-reactive ketones (excluding diaryl/α,β-unsaturated/α-hetero) is 1. The average molecular weight is 267 g/mol. The van der Waals surface area contributed by atoms with Crippen LogP contribution in [0.1, 0.15) is 16.8 Å². The van der Waals surface area contributed by atoms with Crippen LogP contribution in [-0.4, -0.2) is 50.2 Å². The van der Waals surface area contributed by atoms with E-state index in [0.29, 0.717) is 26.1 Å². The van der Waals surface area contributed by atoms with Crippen molar-refractivity contribution < 1.29 is 13.2 Å². The van der Waals surface area contributed by atoms with Crippen molar-refractivity contribution in [2.24, 2.45) is 0 Å². The Labute approximate surface area is 108 Å². The second kappa shape index (κ2) is 5.63. The smallest absolute Gasteiger partial charge is 0.164 e. The summed E-state index contributed by atoms with van der Waals surface area (Å²) in [5.74, 6) is 0.544. The minimum atomic E-state index is -2.83. The van der Waals surface area contributed by atoms with Crippen molar-refractivity contribution in [1.29, 1.82) is 0 Å². The molecule has 1 aliphatic rings. The molecular weight excluding hydrogens is 250 g/mol. The molecule has 1 aromatic carbocycles. The number of hydrogen-bond acceptors (Lipinski definition) is 4. The lowest BCUT2D eigenvalue weighted by molar-refractivity contribution is 0.0966. The number of carbonyl (C=O) groups is 1. The van der Waals surface area contributed by atoms with E-state index in [-0.39, 0.29) is 17.3 Å². The number of ketones is 1. The summed E-state index contributed by atoms with van der Waals surface area (Å²) in [5, 5.41) is 0. The van der Waals surface area contributed by atoms with Crippen LogP contribution in [0.2, 0.25) is 0 Å². The Hall–Kier alpha value is -1.20. The first-order chi connectivity index (χ1) is 8.57. The lowest BCUT2D eigenvalue weighted by Crippen LogP contribution is -2.41. The van der Waals surface area contributed by atoms with E-state index in [1.54, 1.807) is 0 Å². The summed E-state index contributed by atoms with van der Waals surface area (Å²) >= 11 is 0. The van der Waals surface area contributed by atoms with Gasteiger partial charge in [0.15, 0.2) is 15.6 Å². The molecule has 0 N–H and O–H groups in total. The van der Waals surface area contributed by atoms with Gasteiger partial charge in [0.2, 0.25) is 0 Å². The molecule has 98 valence electrons. The fraction of sp³-hybridized carbons (Fsp3) is 0.462. The molecule has 1 aliphatic heterocycles. The first-order valence-corrected chi connectivity index (χ1v) is 7.90. The quantitative estimate of drug-likeness (QED) is 0.763. The molecular formula is C13H17NO3S. The second-order valence-electron chi connectivity index (χ2n) is 4.53. The van der Waals surface area contributed by atoms with Crippen molar-refractivity contribution >= 4 is 15.6 Å². The lowest BCUT2D eigenvalue weighted by Gasteiger charge is -2.26. The highest BCUT2D eigenvalue weighted by Crippen LogP contribution is 2.07. The Kier molecular flexibility index (Phi) is 4.14. The van der Waals surface area contributed by atoms with Gasteiger partial charge in [0.25, 0.3) is 0 Å². The van der Waals surface area contributed by atoms with Gasteiger partial charge in [0.05, 0.1) is 11.5 Å². The summed E-state index contributed by atoms with van der Waals surface area (Å²) in [4.78, 5) is 13.9. The van der Waals surface area contributed by atoms with E-state index in [4.69, 9.17) is 0 Å². The van der Waals surface area contributed by atoms with E-state index in [2.05, 4.69) is 0 Å². The Bertz CT molecular complexity index is 496. The largest absolute Gasteiger partial charge is 0.301 e. The normalized spacial score (nSPS) is 19.6. The molecule has 1 aromatic rings. The molecule has 0 atom stereocenters. The second-order valence-corrected chi connectivity index (χ2v) is 6.84. The predicted octanol–water partition coefficient (Wildman–Crippen LogP) is 0.990. The molecule has 1 saturated heterocycles. The minimum absolute atomic E-state index is 0.115. The van der Waals surface area contributed by atoms with Crippen molar-refractivity contribution in [3.05, 3.63) is 35.9 Å². The summed E-state index contributed by atoms with van der Waals surface area (Å²) in [5.41, 5.74) is 0.724. The summed E-state index contributed by atoms with van der Waals surface area (Å²) in [7, 11) is -2.83. The van der Waals surface area contributed by atoms with E-state index >= 15 is 0 Å². The van der Waals surface area contributed by atoms with E-state index in [1.807, 2.05) is 35.2 Å². The molecule has 4 nitrogen and oxygen atoms in total. The van der Waals surface area contributed by atoms with Crippen molar-refractivity contribution in [1.82, 2.24) is 4.90 Å². The van der Waals surface area contributed by atoms with Crippen LogP contribution >= 0.6 is 0 Å². The van der Waals surface area contributed by atoms with E-state index in [9.17, 15) is 13.2 Å². The highest BCUT2D eigenvalue weighted by Gasteiger charge is 2.21. The van der Waals surface area contributed by atoms with Crippen LogP contribution in [0, 0.1) is 0 Å². The van der Waals surface area contributed by atoms with Crippen LogP contribution in [-0.2, 0) is 9.84 Å². The van der Waals surface area contributed by atoms with Crippen LogP contribution in [0.15, 0.2) is 30.3 Å². The summed E-state index contributed by atoms with van der Waals surface area (Å²) in [6, 6.07) is 9.19. The molecule has 0 amide bonds. The number of carbonyl (C=O) groups excluding carboxylic acids is 1. The third-order valence-electron chi connectivity index (χ3n) is 3.19. The zero-order valence-corrected chi connectivity index (χ0v) is 11.0. The van der Waals surface area contributed by atoms with Crippen molar-refractivity contribution in [3.63, 3.8) is 0 Å². The van der Waals surface area contributed by atoms with Gasteiger partial charge in [0.1, 0.15) is 0 Å². The minimum Gasteiger partial charge on any atom is -0.301 e. The third kappa shape index (κ3) is 3.65. The third-order valence-corrected chi connectivity index (χ3v) is 4.80. The molecule has 1 heterocycles. The highest BCUT2D eigenvalue weighted by atomic mass is 32.2. The maximum atomic E-state index is 11.9. The lowest BCUT2D eigenvalue weighted by atomic mass is 10.1. The van der Waals surface area contributed by atoms with E-state index in [1.165, 1.54) is 0 Å². The van der Waals surface area contributed by atoms with Crippen LogP contribution in [0.3, 0.4) is 0 Å². The monoisotopic (exact) mass is 267 g/mol. The van der Waals surface area contributed by atoms with Gasteiger partial charge in [-0.05, 0) is 0 Å². The van der Waals surface area contributed by atoms with Gasteiger partial charge in [-0.3, -0.25) is 4.79 Å². The topological polar surface area (TPSA) is 54.5 Å². The molecule has 0 spiro atoms. The van der Waals surface area contributed by atoms with Crippen molar-refractivity contribution in [3.8, 4) is 0 Å².